The van der Waals surface area contributed by atoms with Gasteiger partial charge in [-0.1, -0.05) is 186 Å². The van der Waals surface area contributed by atoms with Gasteiger partial charge in [0.15, 0.2) is 0 Å². The minimum atomic E-state index is -4.33. The highest BCUT2D eigenvalue weighted by molar-refractivity contribution is 7.47. The van der Waals surface area contributed by atoms with E-state index in [1.54, 1.807) is 6.08 Å². The predicted octanol–water partition coefficient (Wildman–Crippen LogP) is 12.1. The molecule has 0 bridgehead atoms. The number of hydrogen-bond donors (Lipinski definition) is 3. The summed E-state index contributed by atoms with van der Waals surface area (Å²) in [7, 11) is 1.56. The van der Waals surface area contributed by atoms with Crippen LogP contribution in [-0.2, 0) is 18.4 Å². The molecule has 3 N–H and O–H groups in total. The molecule has 0 aromatic heterocycles. The maximum atomic E-state index is 12.8. The van der Waals surface area contributed by atoms with E-state index in [0.29, 0.717) is 17.4 Å². The summed E-state index contributed by atoms with van der Waals surface area (Å²) in [5, 5.41) is 13.7. The van der Waals surface area contributed by atoms with Gasteiger partial charge in [-0.15, -0.1) is 0 Å². The molecule has 0 fully saturated rings. The Hall–Kier alpha value is -1.02. The first-order valence-corrected chi connectivity index (χ1v) is 23.7. The minimum absolute atomic E-state index is 0.0578. The number of nitrogens with zero attached hydrogens (tertiary/aromatic N) is 1. The summed E-state index contributed by atoms with van der Waals surface area (Å²) in [5.41, 5.74) is 0. The number of aliphatic hydroxyl groups excluding tert-OH is 1. The van der Waals surface area contributed by atoms with Gasteiger partial charge in [0, 0.05) is 6.42 Å². The fourth-order valence-electron chi connectivity index (χ4n) is 6.35. The summed E-state index contributed by atoms with van der Waals surface area (Å²) >= 11 is 0. The Bertz CT molecular complexity index is 922. The summed E-state index contributed by atoms with van der Waals surface area (Å²) in [5.74, 6) is -0.187. The van der Waals surface area contributed by atoms with Crippen LogP contribution in [0.1, 0.15) is 200 Å². The van der Waals surface area contributed by atoms with Crippen LogP contribution in [-0.4, -0.2) is 73.4 Å². The van der Waals surface area contributed by atoms with E-state index in [2.05, 4.69) is 31.3 Å². The van der Waals surface area contributed by atoms with Crippen LogP contribution in [0.4, 0.5) is 0 Å². The molecular weight excluding hydrogens is 683 g/mol. The number of quaternary nitrogens is 1. The fraction of sp³-hybridized carbons (Fsp3) is 0.886. The number of amides is 1. The monoisotopic (exact) mass is 772 g/mol. The van der Waals surface area contributed by atoms with E-state index in [4.69, 9.17) is 9.05 Å². The van der Waals surface area contributed by atoms with Crippen molar-refractivity contribution in [2.45, 2.75) is 212 Å². The molecule has 53 heavy (non-hydrogen) atoms. The second-order valence-electron chi connectivity index (χ2n) is 16.4. The van der Waals surface area contributed by atoms with Crippen molar-refractivity contribution in [3.63, 3.8) is 0 Å². The Morgan fingerprint density at radius 2 is 1.04 bits per heavy atom. The zero-order chi connectivity index (χ0) is 39.3. The second-order valence-corrected chi connectivity index (χ2v) is 17.9. The summed E-state index contributed by atoms with van der Waals surface area (Å²) in [4.78, 5) is 23.0. The number of hydrogen-bond acceptors (Lipinski definition) is 5. The highest BCUT2D eigenvalue weighted by Gasteiger charge is 2.27. The number of likely N-dealkylation sites (N-methyl/N-ethyl adjacent to an activating group) is 1. The van der Waals surface area contributed by atoms with Crippen molar-refractivity contribution < 1.29 is 32.9 Å². The second kappa shape index (κ2) is 36.6. The lowest BCUT2D eigenvalue weighted by atomic mass is 10.0. The minimum Gasteiger partial charge on any atom is -0.387 e. The summed E-state index contributed by atoms with van der Waals surface area (Å²) < 4.78 is 23.4. The van der Waals surface area contributed by atoms with Crippen molar-refractivity contribution in [3.05, 3.63) is 24.3 Å². The number of allylic oxidation sites excluding steroid dienone is 3. The molecule has 8 nitrogen and oxygen atoms in total. The third-order valence-electron chi connectivity index (χ3n) is 9.92. The first-order chi connectivity index (χ1) is 25.5. The number of carbonyl (C=O) groups is 1. The fourth-order valence-corrected chi connectivity index (χ4v) is 7.09. The zero-order valence-electron chi connectivity index (χ0n) is 35.5. The van der Waals surface area contributed by atoms with Crippen molar-refractivity contribution in [2.75, 3.05) is 40.9 Å². The highest BCUT2D eigenvalue weighted by atomic mass is 31.2. The van der Waals surface area contributed by atoms with E-state index in [9.17, 15) is 19.4 Å². The van der Waals surface area contributed by atoms with Crippen LogP contribution in [0.25, 0.3) is 0 Å². The quantitative estimate of drug-likeness (QED) is 0.0248. The van der Waals surface area contributed by atoms with Gasteiger partial charge in [-0.2, -0.15) is 0 Å². The van der Waals surface area contributed by atoms with Crippen LogP contribution >= 0.6 is 7.82 Å². The van der Waals surface area contributed by atoms with Crippen LogP contribution in [0.3, 0.4) is 0 Å². The molecule has 0 aliphatic carbocycles. The molecule has 0 saturated heterocycles. The molecule has 0 aliphatic heterocycles. The standard InChI is InChI=1S/C44H87N2O6P/c1-6-8-10-12-14-16-17-18-19-20-21-22-23-24-25-26-27-28-30-32-34-36-38-44(48)45-42(41-52-53(49,50)51-40-39-46(3,4)5)43(47)37-35-33-31-29-15-13-11-9-7-2/h15,29,35,37,42-43,47H,6-14,16-28,30-34,36,38-41H2,1-5H3,(H-,45,48,49,50)/p+1/b29-15+,37-35+/t42-,43+/m0/s1. The summed E-state index contributed by atoms with van der Waals surface area (Å²) in [6, 6.07) is -0.856. The molecule has 1 unspecified atom stereocenters. The molecule has 3 atom stereocenters. The maximum absolute atomic E-state index is 12.8. The number of nitrogens with one attached hydrogen (secondary N) is 1. The lowest BCUT2D eigenvalue weighted by Gasteiger charge is -2.25. The molecule has 0 radical (unpaired) electrons. The Morgan fingerprint density at radius 3 is 1.51 bits per heavy atom. The van der Waals surface area contributed by atoms with Gasteiger partial charge in [0.2, 0.25) is 5.91 Å². The normalized spacial score (nSPS) is 14.6. The lowest BCUT2D eigenvalue weighted by Crippen LogP contribution is -2.45. The number of phosphoric acid groups is 1. The number of phosphoric ester groups is 1. The summed E-state index contributed by atoms with van der Waals surface area (Å²) in [6.45, 7) is 4.75. The number of unbranched alkanes of at least 4 members (excludes halogenated alkanes) is 25. The van der Waals surface area contributed by atoms with Crippen LogP contribution in [0.5, 0.6) is 0 Å². The molecule has 1 amide bonds. The molecule has 314 valence electrons. The maximum Gasteiger partial charge on any atom is 0.472 e. The molecule has 9 heteroatoms. The van der Waals surface area contributed by atoms with Crippen LogP contribution in [0, 0.1) is 0 Å². The SMILES string of the molecule is CCCCC/C=C/CC/C=C/[C@@H](O)[C@H](COP(=O)(O)OCC[N+](C)(C)C)NC(=O)CCCCCCCCCCCCCCCCCCCCCCCC. The number of carbonyl (C=O) groups excluding carboxylic acids is 1. The van der Waals surface area contributed by atoms with E-state index in [1.807, 2.05) is 27.2 Å². The van der Waals surface area contributed by atoms with Crippen molar-refractivity contribution in [2.24, 2.45) is 0 Å². The Labute approximate surface area is 328 Å². The van der Waals surface area contributed by atoms with E-state index < -0.39 is 20.0 Å². The largest absolute Gasteiger partial charge is 0.472 e. The topological polar surface area (TPSA) is 105 Å². The number of rotatable bonds is 40. The van der Waals surface area contributed by atoms with Gasteiger partial charge in [0.1, 0.15) is 13.2 Å². The third-order valence-corrected chi connectivity index (χ3v) is 10.9. The first-order valence-electron chi connectivity index (χ1n) is 22.2. The van der Waals surface area contributed by atoms with Gasteiger partial charge in [0.25, 0.3) is 0 Å². The Kier molecular flexibility index (Phi) is 35.9. The number of aliphatic hydroxyl groups is 1. The molecule has 0 aromatic rings. The lowest BCUT2D eigenvalue weighted by molar-refractivity contribution is -0.870. The van der Waals surface area contributed by atoms with E-state index in [-0.39, 0.29) is 19.1 Å². The van der Waals surface area contributed by atoms with E-state index in [1.165, 1.54) is 141 Å². The molecule has 0 heterocycles. The Balaban J connectivity index is 4.21. The van der Waals surface area contributed by atoms with Crippen molar-refractivity contribution >= 4 is 13.7 Å². The average Bonchev–Trinajstić information content (AvgIpc) is 3.10. The van der Waals surface area contributed by atoms with Crippen LogP contribution in [0.2, 0.25) is 0 Å². The van der Waals surface area contributed by atoms with Crippen LogP contribution in [0.15, 0.2) is 24.3 Å². The molecule has 0 spiro atoms. The summed E-state index contributed by atoms with van der Waals surface area (Å²) in [6.07, 6.45) is 42.7. The van der Waals surface area contributed by atoms with Gasteiger partial charge in [-0.25, -0.2) is 4.57 Å². The highest BCUT2D eigenvalue weighted by Crippen LogP contribution is 2.43. The molecule has 0 saturated carbocycles. The third kappa shape index (κ3) is 39.0. The van der Waals surface area contributed by atoms with Gasteiger partial charge < -0.3 is 19.8 Å². The van der Waals surface area contributed by atoms with Gasteiger partial charge in [-0.05, 0) is 32.1 Å². The van der Waals surface area contributed by atoms with Gasteiger partial charge in [0.05, 0.1) is 39.9 Å². The molecular formula is C44H88N2O6P+. The zero-order valence-corrected chi connectivity index (χ0v) is 36.4. The predicted molar refractivity (Wildman–Crippen MR) is 226 cm³/mol. The van der Waals surface area contributed by atoms with E-state index in [0.717, 1.165) is 38.5 Å². The molecule has 0 aliphatic rings. The van der Waals surface area contributed by atoms with Crippen molar-refractivity contribution in [1.82, 2.24) is 5.32 Å². The first kappa shape index (κ1) is 52.0. The van der Waals surface area contributed by atoms with Crippen molar-refractivity contribution in [1.29, 1.82) is 0 Å². The van der Waals surface area contributed by atoms with Gasteiger partial charge in [-0.3, -0.25) is 13.8 Å². The van der Waals surface area contributed by atoms with E-state index >= 15 is 0 Å². The molecule has 0 aromatic carbocycles. The van der Waals surface area contributed by atoms with Crippen LogP contribution < -0.4 is 5.32 Å². The molecule has 0 rings (SSSR count). The Morgan fingerprint density at radius 1 is 0.623 bits per heavy atom. The van der Waals surface area contributed by atoms with Crippen molar-refractivity contribution in [3.8, 4) is 0 Å². The average molecular weight is 772 g/mol. The van der Waals surface area contributed by atoms with Gasteiger partial charge >= 0.3 is 7.82 Å². The smallest absolute Gasteiger partial charge is 0.387 e.